The largest absolute Gasteiger partial charge is 0.380 e. The molecule has 0 radical (unpaired) electrons. The smallest absolute Gasteiger partial charge is 0.0755 e. The Hall–Kier alpha value is -0.0800. The van der Waals surface area contributed by atoms with Crippen molar-refractivity contribution in [3.05, 3.63) is 0 Å². The van der Waals surface area contributed by atoms with Gasteiger partial charge in [-0.1, -0.05) is 33.1 Å². The van der Waals surface area contributed by atoms with Gasteiger partial charge in [-0.2, -0.15) is 0 Å². The molecule has 0 amide bonds. The van der Waals surface area contributed by atoms with Crippen LogP contribution in [0.4, 0.5) is 0 Å². The van der Waals surface area contributed by atoms with E-state index in [0.29, 0.717) is 12.1 Å². The van der Waals surface area contributed by atoms with Crippen molar-refractivity contribution in [2.75, 3.05) is 13.7 Å². The van der Waals surface area contributed by atoms with Crippen LogP contribution in [-0.2, 0) is 4.74 Å². The fourth-order valence-corrected chi connectivity index (χ4v) is 3.87. The lowest BCUT2D eigenvalue weighted by Crippen LogP contribution is -2.48. The van der Waals surface area contributed by atoms with Gasteiger partial charge < -0.3 is 10.1 Å². The highest BCUT2D eigenvalue weighted by atomic mass is 16.5. The molecule has 18 heavy (non-hydrogen) atoms. The molecule has 0 bridgehead atoms. The van der Waals surface area contributed by atoms with E-state index in [1.165, 1.54) is 44.9 Å². The number of hydrogen-bond donors (Lipinski definition) is 1. The lowest BCUT2D eigenvalue weighted by atomic mass is 9.75. The Balaban J connectivity index is 1.98. The first-order valence-corrected chi connectivity index (χ1v) is 8.06. The van der Waals surface area contributed by atoms with Crippen LogP contribution in [0.5, 0.6) is 0 Å². The third-order valence-electron chi connectivity index (χ3n) is 5.06. The summed E-state index contributed by atoms with van der Waals surface area (Å²) < 4.78 is 5.85. The number of likely N-dealkylation sites (N-methyl/N-ethyl adjacent to an activating group) is 1. The van der Waals surface area contributed by atoms with E-state index in [2.05, 4.69) is 19.2 Å². The SMILES string of the molecule is CCNC(C1CCCC(CC)C1)C(OC)C1CC1. The van der Waals surface area contributed by atoms with Crippen LogP contribution in [0.3, 0.4) is 0 Å². The first kappa shape index (κ1) is 14.3. The quantitative estimate of drug-likeness (QED) is 0.748. The van der Waals surface area contributed by atoms with Gasteiger partial charge in [-0.05, 0) is 50.0 Å². The molecule has 2 rings (SSSR count). The molecule has 1 N–H and O–H groups in total. The molecule has 0 heterocycles. The minimum Gasteiger partial charge on any atom is -0.380 e. The normalized spacial score (nSPS) is 32.2. The lowest BCUT2D eigenvalue weighted by molar-refractivity contribution is 0.0195. The zero-order chi connectivity index (χ0) is 13.0. The predicted molar refractivity (Wildman–Crippen MR) is 76.7 cm³/mol. The molecule has 2 aliphatic rings. The van der Waals surface area contributed by atoms with Crippen molar-refractivity contribution >= 4 is 0 Å². The van der Waals surface area contributed by atoms with Crippen LogP contribution in [0.25, 0.3) is 0 Å². The van der Waals surface area contributed by atoms with Gasteiger partial charge in [0.05, 0.1) is 6.10 Å². The molecule has 4 atom stereocenters. The molecule has 2 saturated carbocycles. The first-order chi connectivity index (χ1) is 8.80. The summed E-state index contributed by atoms with van der Waals surface area (Å²) in [6, 6.07) is 0.599. The highest BCUT2D eigenvalue weighted by Gasteiger charge is 2.40. The molecule has 4 unspecified atom stereocenters. The van der Waals surface area contributed by atoms with Crippen LogP contribution in [0, 0.1) is 17.8 Å². The van der Waals surface area contributed by atoms with Gasteiger partial charge in [0.15, 0.2) is 0 Å². The molecule has 0 aromatic carbocycles. The average molecular weight is 253 g/mol. The Morgan fingerprint density at radius 3 is 2.44 bits per heavy atom. The summed E-state index contributed by atoms with van der Waals surface area (Å²) in [5, 5.41) is 3.74. The fourth-order valence-electron chi connectivity index (χ4n) is 3.87. The molecule has 0 spiro atoms. The molecule has 0 aliphatic heterocycles. The Bertz CT molecular complexity index is 239. The molecule has 106 valence electrons. The molecule has 2 fully saturated rings. The minimum atomic E-state index is 0.463. The van der Waals surface area contributed by atoms with Crippen molar-refractivity contribution in [1.29, 1.82) is 0 Å². The molecule has 2 aliphatic carbocycles. The monoisotopic (exact) mass is 253 g/mol. The fraction of sp³-hybridized carbons (Fsp3) is 1.00. The van der Waals surface area contributed by atoms with Gasteiger partial charge in [0.1, 0.15) is 0 Å². The summed E-state index contributed by atoms with van der Waals surface area (Å²) in [5.41, 5.74) is 0. The van der Waals surface area contributed by atoms with Crippen LogP contribution in [0.1, 0.15) is 58.8 Å². The van der Waals surface area contributed by atoms with Crippen molar-refractivity contribution in [3.8, 4) is 0 Å². The van der Waals surface area contributed by atoms with E-state index in [-0.39, 0.29) is 0 Å². The maximum atomic E-state index is 5.85. The van der Waals surface area contributed by atoms with Crippen LogP contribution in [0.15, 0.2) is 0 Å². The molecular formula is C16H31NO. The van der Waals surface area contributed by atoms with Crippen molar-refractivity contribution in [2.24, 2.45) is 17.8 Å². The highest BCUT2D eigenvalue weighted by molar-refractivity contribution is 4.94. The summed E-state index contributed by atoms with van der Waals surface area (Å²) in [6.07, 6.45) is 10.3. The number of ether oxygens (including phenoxy) is 1. The summed E-state index contributed by atoms with van der Waals surface area (Å²) >= 11 is 0. The molecule has 0 aromatic rings. The van der Waals surface area contributed by atoms with E-state index in [9.17, 15) is 0 Å². The number of nitrogens with one attached hydrogen (secondary N) is 1. The van der Waals surface area contributed by atoms with E-state index in [4.69, 9.17) is 4.74 Å². The van der Waals surface area contributed by atoms with Crippen LogP contribution < -0.4 is 5.32 Å². The number of rotatable bonds is 7. The molecule has 0 saturated heterocycles. The zero-order valence-electron chi connectivity index (χ0n) is 12.5. The van der Waals surface area contributed by atoms with E-state index < -0.39 is 0 Å². The number of hydrogen-bond acceptors (Lipinski definition) is 2. The van der Waals surface area contributed by atoms with Gasteiger partial charge in [-0.25, -0.2) is 0 Å². The van der Waals surface area contributed by atoms with E-state index in [1.54, 1.807) is 0 Å². The second kappa shape index (κ2) is 6.91. The lowest BCUT2D eigenvalue weighted by Gasteiger charge is -2.38. The van der Waals surface area contributed by atoms with E-state index in [0.717, 1.165) is 24.3 Å². The van der Waals surface area contributed by atoms with Crippen LogP contribution in [-0.4, -0.2) is 25.8 Å². The molecule has 0 aromatic heterocycles. The van der Waals surface area contributed by atoms with Gasteiger partial charge in [0, 0.05) is 13.2 Å². The standard InChI is InChI=1S/C16H31NO/c1-4-12-7-6-8-14(11-12)15(17-5-2)16(18-3)13-9-10-13/h12-17H,4-11H2,1-3H3. The van der Waals surface area contributed by atoms with Gasteiger partial charge >= 0.3 is 0 Å². The third-order valence-corrected chi connectivity index (χ3v) is 5.06. The predicted octanol–water partition coefficient (Wildman–Crippen LogP) is 3.61. The van der Waals surface area contributed by atoms with Crippen molar-refractivity contribution in [3.63, 3.8) is 0 Å². The minimum absolute atomic E-state index is 0.463. The topological polar surface area (TPSA) is 21.3 Å². The summed E-state index contributed by atoms with van der Waals surface area (Å²) in [5.74, 6) is 2.64. The second-order valence-electron chi connectivity index (χ2n) is 6.32. The van der Waals surface area contributed by atoms with Crippen molar-refractivity contribution in [1.82, 2.24) is 5.32 Å². The Kier molecular flexibility index (Phi) is 5.50. The average Bonchev–Trinajstić information content (AvgIpc) is 3.23. The molecule has 2 nitrogen and oxygen atoms in total. The van der Waals surface area contributed by atoms with Crippen LogP contribution >= 0.6 is 0 Å². The van der Waals surface area contributed by atoms with E-state index in [1.807, 2.05) is 7.11 Å². The Morgan fingerprint density at radius 2 is 1.89 bits per heavy atom. The highest BCUT2D eigenvalue weighted by Crippen LogP contribution is 2.41. The second-order valence-corrected chi connectivity index (χ2v) is 6.32. The maximum Gasteiger partial charge on any atom is 0.0755 e. The summed E-state index contributed by atoms with van der Waals surface area (Å²) in [4.78, 5) is 0. The van der Waals surface area contributed by atoms with Crippen LogP contribution in [0.2, 0.25) is 0 Å². The molecular weight excluding hydrogens is 222 g/mol. The summed E-state index contributed by atoms with van der Waals surface area (Å²) in [6.45, 7) is 5.65. The Morgan fingerprint density at radius 1 is 1.11 bits per heavy atom. The van der Waals surface area contributed by atoms with Gasteiger partial charge in [0.2, 0.25) is 0 Å². The van der Waals surface area contributed by atoms with Crippen molar-refractivity contribution in [2.45, 2.75) is 70.9 Å². The zero-order valence-corrected chi connectivity index (χ0v) is 12.5. The maximum absolute atomic E-state index is 5.85. The Labute approximate surface area is 113 Å². The van der Waals surface area contributed by atoms with Gasteiger partial charge in [-0.3, -0.25) is 0 Å². The summed E-state index contributed by atoms with van der Waals surface area (Å²) in [7, 11) is 1.91. The van der Waals surface area contributed by atoms with Crippen molar-refractivity contribution < 1.29 is 4.74 Å². The van der Waals surface area contributed by atoms with Gasteiger partial charge in [0.25, 0.3) is 0 Å². The van der Waals surface area contributed by atoms with Gasteiger partial charge in [-0.15, -0.1) is 0 Å². The first-order valence-electron chi connectivity index (χ1n) is 8.06. The number of methoxy groups -OCH3 is 1. The van der Waals surface area contributed by atoms with E-state index >= 15 is 0 Å². The third kappa shape index (κ3) is 3.48. The molecule has 2 heteroatoms.